The van der Waals surface area contributed by atoms with Gasteiger partial charge in [-0.1, -0.05) is 22.9 Å². The van der Waals surface area contributed by atoms with Gasteiger partial charge in [-0.05, 0) is 29.7 Å². The molecule has 1 aromatic carbocycles. The smallest absolute Gasteiger partial charge is 0.229 e. The second kappa shape index (κ2) is 5.74. The van der Waals surface area contributed by atoms with Gasteiger partial charge >= 0.3 is 0 Å². The molecule has 102 valence electrons. The first-order chi connectivity index (χ1) is 9.01. The fourth-order valence-electron chi connectivity index (χ4n) is 2.17. The average Bonchev–Trinajstić information content (AvgIpc) is 2.35. The second-order valence-electron chi connectivity index (χ2n) is 4.84. The summed E-state index contributed by atoms with van der Waals surface area (Å²) in [6.45, 7) is 2.22. The summed E-state index contributed by atoms with van der Waals surface area (Å²) in [7, 11) is 1.59. The molecule has 1 aliphatic heterocycles. The van der Waals surface area contributed by atoms with Gasteiger partial charge in [-0.3, -0.25) is 14.5 Å². The molecular weight excluding hydrogens is 310 g/mol. The SMILES string of the molecule is COc1ccc(Br)c(CN2C(=O)CC(C)CC2=O)c1. The number of methoxy groups -OCH3 is 1. The molecule has 4 nitrogen and oxygen atoms in total. The Morgan fingerprint density at radius 2 is 1.95 bits per heavy atom. The molecule has 5 heteroatoms. The molecule has 1 aliphatic rings. The monoisotopic (exact) mass is 325 g/mol. The number of hydrogen-bond acceptors (Lipinski definition) is 3. The predicted octanol–water partition coefficient (Wildman–Crippen LogP) is 2.74. The number of carbonyl (C=O) groups excluding carboxylic acids is 2. The Morgan fingerprint density at radius 1 is 1.32 bits per heavy atom. The molecule has 0 spiro atoms. The number of piperidine rings is 1. The highest BCUT2D eigenvalue weighted by Gasteiger charge is 2.30. The van der Waals surface area contributed by atoms with Gasteiger partial charge in [0.2, 0.25) is 11.8 Å². The minimum Gasteiger partial charge on any atom is -0.497 e. The zero-order chi connectivity index (χ0) is 14.0. The van der Waals surface area contributed by atoms with Crippen molar-refractivity contribution >= 4 is 27.7 Å². The Balaban J connectivity index is 2.20. The van der Waals surface area contributed by atoms with Gasteiger partial charge in [0.05, 0.1) is 13.7 Å². The van der Waals surface area contributed by atoms with Crippen LogP contribution in [0.5, 0.6) is 5.75 Å². The van der Waals surface area contributed by atoms with Gasteiger partial charge in [0.15, 0.2) is 0 Å². The normalized spacial score (nSPS) is 16.9. The number of hydrogen-bond donors (Lipinski definition) is 0. The van der Waals surface area contributed by atoms with Crippen LogP contribution in [0.2, 0.25) is 0 Å². The lowest BCUT2D eigenvalue weighted by atomic mass is 9.97. The molecule has 1 heterocycles. The van der Waals surface area contributed by atoms with Crippen molar-refractivity contribution < 1.29 is 14.3 Å². The van der Waals surface area contributed by atoms with Gasteiger partial charge in [-0.25, -0.2) is 0 Å². The van der Waals surface area contributed by atoms with Crippen LogP contribution < -0.4 is 4.74 Å². The molecule has 0 N–H and O–H groups in total. The summed E-state index contributed by atoms with van der Waals surface area (Å²) < 4.78 is 6.03. The van der Waals surface area contributed by atoms with E-state index in [1.54, 1.807) is 7.11 Å². The maximum atomic E-state index is 11.9. The Labute approximate surface area is 120 Å². The lowest BCUT2D eigenvalue weighted by Gasteiger charge is -2.28. The van der Waals surface area contributed by atoms with E-state index in [0.717, 1.165) is 10.0 Å². The summed E-state index contributed by atoms with van der Waals surface area (Å²) in [5.41, 5.74) is 0.871. The summed E-state index contributed by atoms with van der Waals surface area (Å²) in [5.74, 6) is 0.658. The number of halogens is 1. The van der Waals surface area contributed by atoms with Crippen LogP contribution in [0.3, 0.4) is 0 Å². The summed E-state index contributed by atoms with van der Waals surface area (Å²) in [6.07, 6.45) is 0.876. The molecule has 1 fully saturated rings. The topological polar surface area (TPSA) is 46.6 Å². The van der Waals surface area contributed by atoms with Crippen molar-refractivity contribution in [3.8, 4) is 5.75 Å². The molecule has 2 amide bonds. The van der Waals surface area contributed by atoms with E-state index in [1.807, 2.05) is 25.1 Å². The summed E-state index contributed by atoms with van der Waals surface area (Å²) >= 11 is 3.43. The standard InChI is InChI=1S/C14H16BrNO3/c1-9-5-13(17)16(14(18)6-9)8-10-7-11(19-2)3-4-12(10)15/h3-4,7,9H,5-6,8H2,1-2H3. The molecule has 0 bridgehead atoms. The van der Waals surface area contributed by atoms with E-state index in [9.17, 15) is 9.59 Å². The molecule has 0 aromatic heterocycles. The number of benzene rings is 1. The van der Waals surface area contributed by atoms with Crippen molar-refractivity contribution in [1.82, 2.24) is 4.90 Å². The number of nitrogens with zero attached hydrogens (tertiary/aromatic N) is 1. The van der Waals surface area contributed by atoms with E-state index < -0.39 is 0 Å². The Hall–Kier alpha value is -1.36. The van der Waals surface area contributed by atoms with Crippen molar-refractivity contribution in [3.05, 3.63) is 28.2 Å². The maximum absolute atomic E-state index is 11.9. The van der Waals surface area contributed by atoms with Gasteiger partial charge in [0.1, 0.15) is 5.75 Å². The van der Waals surface area contributed by atoms with E-state index in [0.29, 0.717) is 25.1 Å². The van der Waals surface area contributed by atoms with Gasteiger partial charge in [0.25, 0.3) is 0 Å². The predicted molar refractivity (Wildman–Crippen MR) is 74.6 cm³/mol. The highest BCUT2D eigenvalue weighted by molar-refractivity contribution is 9.10. The highest BCUT2D eigenvalue weighted by atomic mass is 79.9. The zero-order valence-corrected chi connectivity index (χ0v) is 12.6. The third kappa shape index (κ3) is 3.15. The van der Waals surface area contributed by atoms with Crippen molar-refractivity contribution in [2.75, 3.05) is 7.11 Å². The fourth-order valence-corrected chi connectivity index (χ4v) is 2.55. The van der Waals surface area contributed by atoms with E-state index in [-0.39, 0.29) is 17.7 Å². The van der Waals surface area contributed by atoms with Crippen molar-refractivity contribution in [2.45, 2.75) is 26.3 Å². The van der Waals surface area contributed by atoms with Crippen LogP contribution in [0.1, 0.15) is 25.3 Å². The lowest BCUT2D eigenvalue weighted by molar-refractivity contribution is -0.150. The first-order valence-corrected chi connectivity index (χ1v) is 6.96. The van der Waals surface area contributed by atoms with Gasteiger partial charge in [-0.2, -0.15) is 0 Å². The summed E-state index contributed by atoms with van der Waals surface area (Å²) in [6, 6.07) is 5.52. The van der Waals surface area contributed by atoms with Crippen molar-refractivity contribution in [1.29, 1.82) is 0 Å². The number of likely N-dealkylation sites (tertiary alicyclic amines) is 1. The molecule has 0 atom stereocenters. The van der Waals surface area contributed by atoms with Crippen LogP contribution >= 0.6 is 15.9 Å². The van der Waals surface area contributed by atoms with Crippen LogP contribution in [0.25, 0.3) is 0 Å². The molecular formula is C14H16BrNO3. The lowest BCUT2D eigenvalue weighted by Crippen LogP contribution is -2.42. The van der Waals surface area contributed by atoms with E-state index in [4.69, 9.17) is 4.74 Å². The molecule has 0 saturated carbocycles. The van der Waals surface area contributed by atoms with Crippen LogP contribution in [0.4, 0.5) is 0 Å². The first-order valence-electron chi connectivity index (χ1n) is 6.17. The minimum absolute atomic E-state index is 0.0986. The van der Waals surface area contributed by atoms with E-state index in [2.05, 4.69) is 15.9 Å². The molecule has 0 radical (unpaired) electrons. The van der Waals surface area contributed by atoms with Gasteiger partial charge < -0.3 is 4.74 Å². The third-order valence-corrected chi connectivity index (χ3v) is 4.00. The summed E-state index contributed by atoms with van der Waals surface area (Å²) in [4.78, 5) is 25.2. The number of imide groups is 1. The van der Waals surface area contributed by atoms with E-state index >= 15 is 0 Å². The van der Waals surface area contributed by atoms with E-state index in [1.165, 1.54) is 4.90 Å². The highest BCUT2D eigenvalue weighted by Crippen LogP contribution is 2.26. The van der Waals surface area contributed by atoms with Crippen LogP contribution in [0.15, 0.2) is 22.7 Å². The molecule has 2 rings (SSSR count). The molecule has 0 unspecified atom stereocenters. The minimum atomic E-state index is -0.0986. The summed E-state index contributed by atoms with van der Waals surface area (Å²) in [5, 5.41) is 0. The number of rotatable bonds is 3. The van der Waals surface area contributed by atoms with Crippen LogP contribution in [-0.2, 0) is 16.1 Å². The molecule has 19 heavy (non-hydrogen) atoms. The van der Waals surface area contributed by atoms with Crippen molar-refractivity contribution in [3.63, 3.8) is 0 Å². The Morgan fingerprint density at radius 3 is 2.53 bits per heavy atom. The fraction of sp³-hybridized carbons (Fsp3) is 0.429. The molecule has 1 saturated heterocycles. The molecule has 1 aromatic rings. The second-order valence-corrected chi connectivity index (χ2v) is 5.70. The zero-order valence-electron chi connectivity index (χ0n) is 11.0. The molecule has 0 aliphatic carbocycles. The van der Waals surface area contributed by atoms with Crippen molar-refractivity contribution in [2.24, 2.45) is 5.92 Å². The quantitative estimate of drug-likeness (QED) is 0.803. The average molecular weight is 326 g/mol. The van der Waals surface area contributed by atoms with Crippen LogP contribution in [-0.4, -0.2) is 23.8 Å². The Kier molecular flexibility index (Phi) is 4.24. The number of carbonyl (C=O) groups is 2. The number of amides is 2. The Bertz CT molecular complexity index is 497. The van der Waals surface area contributed by atoms with Crippen LogP contribution in [0, 0.1) is 5.92 Å². The van der Waals surface area contributed by atoms with Gasteiger partial charge in [-0.15, -0.1) is 0 Å². The largest absolute Gasteiger partial charge is 0.497 e. The maximum Gasteiger partial charge on any atom is 0.229 e. The van der Waals surface area contributed by atoms with Gasteiger partial charge in [0, 0.05) is 17.3 Å². The first kappa shape index (κ1) is 14.1. The number of ether oxygens (including phenoxy) is 1. The third-order valence-electron chi connectivity index (χ3n) is 3.23.